The van der Waals surface area contributed by atoms with Gasteiger partial charge < -0.3 is 25.6 Å². The van der Waals surface area contributed by atoms with Gasteiger partial charge in [0.25, 0.3) is 0 Å². The van der Waals surface area contributed by atoms with E-state index in [1.165, 1.54) is 6.07 Å². The largest absolute Gasteiger partial charge is 0.493 e. The number of rotatable bonds is 2. The Labute approximate surface area is 167 Å². The molecule has 2 aromatic carbocycles. The van der Waals surface area contributed by atoms with Gasteiger partial charge in [0.1, 0.15) is 5.82 Å². The van der Waals surface area contributed by atoms with Crippen LogP contribution in [0.15, 0.2) is 42.5 Å². The van der Waals surface area contributed by atoms with Crippen molar-refractivity contribution in [2.24, 2.45) is 0 Å². The summed E-state index contributed by atoms with van der Waals surface area (Å²) in [5.74, 6) is -0.673. The smallest absolute Gasteiger partial charge is 0.223 e. The summed E-state index contributed by atoms with van der Waals surface area (Å²) >= 11 is 0. The molecule has 0 bridgehead atoms. The molecule has 0 amide bonds. The number of nitrogens with two attached hydrogens (primary N) is 1. The number of H-pyrrole nitrogens is 1. The van der Waals surface area contributed by atoms with Crippen molar-refractivity contribution >= 4 is 33.2 Å². The van der Waals surface area contributed by atoms with E-state index in [1.807, 2.05) is 12.1 Å². The average Bonchev–Trinajstić information content (AvgIpc) is 3.11. The minimum atomic E-state index is -0.456. The van der Waals surface area contributed by atoms with Crippen molar-refractivity contribution in [2.75, 3.05) is 43.9 Å². The van der Waals surface area contributed by atoms with E-state index in [1.54, 1.807) is 12.1 Å². The van der Waals surface area contributed by atoms with Crippen LogP contribution in [0.25, 0.3) is 33.1 Å². The van der Waals surface area contributed by atoms with Crippen molar-refractivity contribution in [2.45, 2.75) is 0 Å². The number of fused-ring (bicyclic) bond motifs is 2. The Balaban J connectivity index is 1.60. The summed E-state index contributed by atoms with van der Waals surface area (Å²) in [6.45, 7) is 4.04. The minimum absolute atomic E-state index is 0.177. The Morgan fingerprint density at radius 2 is 1.90 bits per heavy atom. The minimum Gasteiger partial charge on any atom is -0.493 e. The lowest BCUT2D eigenvalue weighted by atomic mass is 10.1. The number of aromatic hydroxyl groups is 1. The molecule has 1 fully saturated rings. The van der Waals surface area contributed by atoms with Crippen LogP contribution in [-0.4, -0.2) is 53.2 Å². The predicted molar refractivity (Wildman–Crippen MR) is 115 cm³/mol. The van der Waals surface area contributed by atoms with Crippen LogP contribution in [0.4, 0.5) is 15.8 Å². The van der Waals surface area contributed by atoms with Crippen LogP contribution in [0, 0.1) is 5.82 Å². The topological polar surface area (TPSA) is 81.4 Å². The summed E-state index contributed by atoms with van der Waals surface area (Å²) in [6.07, 6.45) is 0. The molecule has 7 heteroatoms. The van der Waals surface area contributed by atoms with Crippen LogP contribution >= 0.6 is 0 Å². The summed E-state index contributed by atoms with van der Waals surface area (Å²) in [5.41, 5.74) is 9.79. The molecule has 4 aromatic rings. The lowest BCUT2D eigenvalue weighted by Gasteiger charge is -2.34. The number of pyridine rings is 1. The highest BCUT2D eigenvalue weighted by Gasteiger charge is 2.19. The zero-order chi connectivity index (χ0) is 20.1. The Morgan fingerprint density at radius 1 is 1.10 bits per heavy atom. The standard InChI is InChI=1S/C22H22FN5O/c1-27-7-9-28(10-8-27)14-6-5-13-11-18(25-17(13)12-14)20-21(24)19-15(23)3-2-4-16(19)26-22(20)29/h2-6,11-12,25H,7-10H2,1H3,(H3,24,26,29). The average molecular weight is 391 g/mol. The Bertz CT molecular complexity index is 1230. The number of piperazine rings is 1. The van der Waals surface area contributed by atoms with Gasteiger partial charge >= 0.3 is 0 Å². The van der Waals surface area contributed by atoms with Gasteiger partial charge in [-0.15, -0.1) is 0 Å². The quantitative estimate of drug-likeness (QED) is 0.487. The molecular weight excluding hydrogens is 369 g/mol. The van der Waals surface area contributed by atoms with Crippen molar-refractivity contribution in [1.82, 2.24) is 14.9 Å². The van der Waals surface area contributed by atoms with Crippen molar-refractivity contribution in [3.8, 4) is 17.1 Å². The molecule has 0 atom stereocenters. The maximum absolute atomic E-state index is 14.3. The Hall–Kier alpha value is -3.32. The van der Waals surface area contributed by atoms with Crippen LogP contribution in [-0.2, 0) is 0 Å². The molecular formula is C22H22FN5O. The molecule has 2 aromatic heterocycles. The highest BCUT2D eigenvalue weighted by molar-refractivity contribution is 6.02. The number of aromatic amines is 1. The molecule has 3 heterocycles. The first-order valence-corrected chi connectivity index (χ1v) is 9.64. The SMILES string of the molecule is CN1CCN(c2ccc3cc(-c4c(O)nc5cccc(F)c5c4N)[nH]c3c2)CC1. The van der Waals surface area contributed by atoms with Gasteiger partial charge in [0.05, 0.1) is 27.8 Å². The molecule has 0 saturated carbocycles. The Kier molecular flexibility index (Phi) is 4.06. The molecule has 0 spiro atoms. The number of nitrogens with zero attached hydrogens (tertiary/aromatic N) is 3. The summed E-state index contributed by atoms with van der Waals surface area (Å²) < 4.78 is 14.3. The second kappa shape index (κ2) is 6.63. The number of anilines is 2. The van der Waals surface area contributed by atoms with Crippen molar-refractivity contribution in [1.29, 1.82) is 0 Å². The third-order valence-corrected chi connectivity index (χ3v) is 5.72. The maximum Gasteiger partial charge on any atom is 0.223 e. The molecule has 4 N–H and O–H groups in total. The number of likely N-dealkylation sites (N-methyl/N-ethyl adjacent to an activating group) is 1. The monoisotopic (exact) mass is 391 g/mol. The van der Waals surface area contributed by atoms with Gasteiger partial charge in [-0.1, -0.05) is 12.1 Å². The molecule has 0 unspecified atom stereocenters. The van der Waals surface area contributed by atoms with Gasteiger partial charge in [0.2, 0.25) is 5.88 Å². The van der Waals surface area contributed by atoms with Crippen LogP contribution in [0.5, 0.6) is 5.88 Å². The van der Waals surface area contributed by atoms with E-state index in [9.17, 15) is 9.50 Å². The fourth-order valence-electron chi connectivity index (χ4n) is 4.06. The highest BCUT2D eigenvalue weighted by Crippen LogP contribution is 2.39. The molecule has 29 heavy (non-hydrogen) atoms. The van der Waals surface area contributed by atoms with Gasteiger partial charge in [0, 0.05) is 42.8 Å². The number of nitrogen functional groups attached to an aromatic ring is 1. The zero-order valence-corrected chi connectivity index (χ0v) is 16.1. The second-order valence-corrected chi connectivity index (χ2v) is 7.60. The number of aromatic nitrogens is 2. The van der Waals surface area contributed by atoms with E-state index in [-0.39, 0.29) is 17.0 Å². The van der Waals surface area contributed by atoms with Gasteiger partial charge in [0.15, 0.2) is 0 Å². The molecule has 1 saturated heterocycles. The van der Waals surface area contributed by atoms with E-state index in [0.717, 1.165) is 42.8 Å². The number of hydrogen-bond donors (Lipinski definition) is 3. The third-order valence-electron chi connectivity index (χ3n) is 5.72. The molecule has 5 rings (SSSR count). The molecule has 1 aliphatic rings. The number of nitrogens with one attached hydrogen (secondary N) is 1. The van der Waals surface area contributed by atoms with Crippen LogP contribution in [0.3, 0.4) is 0 Å². The van der Waals surface area contributed by atoms with E-state index >= 15 is 0 Å². The normalized spacial score (nSPS) is 15.4. The van der Waals surface area contributed by atoms with E-state index in [2.05, 4.69) is 38.9 Å². The summed E-state index contributed by atoms with van der Waals surface area (Å²) in [7, 11) is 2.13. The van der Waals surface area contributed by atoms with E-state index in [4.69, 9.17) is 5.73 Å². The maximum atomic E-state index is 14.3. The number of halogens is 1. The van der Waals surface area contributed by atoms with Crippen molar-refractivity contribution < 1.29 is 9.50 Å². The lowest BCUT2D eigenvalue weighted by molar-refractivity contribution is 0.313. The fourth-order valence-corrected chi connectivity index (χ4v) is 4.06. The van der Waals surface area contributed by atoms with Crippen LogP contribution in [0.2, 0.25) is 0 Å². The molecule has 6 nitrogen and oxygen atoms in total. The first kappa shape index (κ1) is 17.8. The van der Waals surface area contributed by atoms with Crippen LogP contribution < -0.4 is 10.6 Å². The van der Waals surface area contributed by atoms with E-state index < -0.39 is 5.82 Å². The van der Waals surface area contributed by atoms with Crippen molar-refractivity contribution in [3.63, 3.8) is 0 Å². The summed E-state index contributed by atoms with van der Waals surface area (Å²) in [4.78, 5) is 12.1. The van der Waals surface area contributed by atoms with Crippen molar-refractivity contribution in [3.05, 3.63) is 48.3 Å². The first-order chi connectivity index (χ1) is 14.0. The summed E-state index contributed by atoms with van der Waals surface area (Å²) in [6, 6.07) is 12.7. The van der Waals surface area contributed by atoms with Gasteiger partial charge in [-0.25, -0.2) is 9.37 Å². The van der Waals surface area contributed by atoms with Crippen LogP contribution in [0.1, 0.15) is 0 Å². The molecule has 0 radical (unpaired) electrons. The highest BCUT2D eigenvalue weighted by atomic mass is 19.1. The second-order valence-electron chi connectivity index (χ2n) is 7.60. The van der Waals surface area contributed by atoms with Gasteiger partial charge in [-0.2, -0.15) is 0 Å². The predicted octanol–water partition coefficient (Wildman–Crippen LogP) is 3.56. The Morgan fingerprint density at radius 3 is 2.69 bits per heavy atom. The van der Waals surface area contributed by atoms with Gasteiger partial charge in [-0.3, -0.25) is 0 Å². The number of benzene rings is 2. The summed E-state index contributed by atoms with van der Waals surface area (Å²) in [5, 5.41) is 11.7. The zero-order valence-electron chi connectivity index (χ0n) is 16.1. The molecule has 148 valence electrons. The first-order valence-electron chi connectivity index (χ1n) is 9.64. The van der Waals surface area contributed by atoms with E-state index in [0.29, 0.717) is 16.8 Å². The third kappa shape index (κ3) is 2.94. The molecule has 0 aliphatic carbocycles. The number of hydrogen-bond acceptors (Lipinski definition) is 5. The lowest BCUT2D eigenvalue weighted by Crippen LogP contribution is -2.44. The fraction of sp³-hybridized carbons (Fsp3) is 0.227. The van der Waals surface area contributed by atoms with Gasteiger partial charge in [-0.05, 0) is 37.4 Å². The molecule has 1 aliphatic heterocycles.